The molecule has 0 bridgehead atoms. The number of hydrogen-bond acceptors (Lipinski definition) is 1. The fraction of sp³-hybridized carbons (Fsp3) is 0.800. The summed E-state index contributed by atoms with van der Waals surface area (Å²) in [6.07, 6.45) is 14.3. The van der Waals surface area contributed by atoms with Gasteiger partial charge in [-0.05, 0) is 18.8 Å². The second-order valence-corrected chi connectivity index (χ2v) is 4.95. The van der Waals surface area contributed by atoms with E-state index >= 15 is 0 Å². The average Bonchev–Trinajstić information content (AvgIpc) is 2.30. The number of aliphatic carboxylic acids is 1. The molecule has 0 aliphatic rings. The summed E-state index contributed by atoms with van der Waals surface area (Å²) in [5, 5.41) is 8.39. The molecule has 0 saturated carbocycles. The molecule has 0 amide bonds. The minimum Gasteiger partial charge on any atom is -0.478 e. The van der Waals surface area contributed by atoms with E-state index in [4.69, 9.17) is 5.11 Å². The first-order chi connectivity index (χ1) is 8.16. The standard InChI is InChI=1S/C15H28O2/c1-3-14(2)12-10-8-6-4-5-7-9-11-13-15(16)17/h11,13-14H,3-10,12H2,1-2H3,(H,16,17)/b13-11+. The van der Waals surface area contributed by atoms with E-state index in [9.17, 15) is 4.79 Å². The zero-order chi connectivity index (χ0) is 12.9. The Morgan fingerprint density at radius 1 is 1.12 bits per heavy atom. The molecule has 0 fully saturated rings. The molecular weight excluding hydrogens is 212 g/mol. The Bertz CT molecular complexity index is 209. The Morgan fingerprint density at radius 3 is 2.29 bits per heavy atom. The second kappa shape index (κ2) is 11.7. The molecule has 0 aromatic heterocycles. The van der Waals surface area contributed by atoms with Crippen molar-refractivity contribution in [2.75, 3.05) is 0 Å². The van der Waals surface area contributed by atoms with Crippen molar-refractivity contribution < 1.29 is 9.90 Å². The zero-order valence-electron chi connectivity index (χ0n) is 11.5. The summed E-state index contributed by atoms with van der Waals surface area (Å²) in [5.74, 6) is 0.0474. The van der Waals surface area contributed by atoms with Crippen molar-refractivity contribution >= 4 is 5.97 Å². The number of hydrogen-bond donors (Lipinski definition) is 1. The van der Waals surface area contributed by atoms with Gasteiger partial charge in [-0.3, -0.25) is 0 Å². The van der Waals surface area contributed by atoms with Gasteiger partial charge in [0.05, 0.1) is 0 Å². The Labute approximate surface area is 106 Å². The molecule has 2 heteroatoms. The Balaban J connectivity index is 3.11. The first kappa shape index (κ1) is 16.2. The van der Waals surface area contributed by atoms with E-state index in [1.807, 2.05) is 0 Å². The van der Waals surface area contributed by atoms with Gasteiger partial charge in [0, 0.05) is 6.08 Å². The van der Waals surface area contributed by atoms with Crippen molar-refractivity contribution in [2.45, 2.75) is 71.6 Å². The highest BCUT2D eigenvalue weighted by Gasteiger charge is 1.97. The largest absolute Gasteiger partial charge is 0.478 e. The van der Waals surface area contributed by atoms with E-state index in [0.29, 0.717) is 0 Å². The number of carbonyl (C=O) groups is 1. The molecule has 1 atom stereocenters. The molecule has 0 saturated heterocycles. The van der Waals surface area contributed by atoms with Crippen molar-refractivity contribution in [3.8, 4) is 0 Å². The predicted molar refractivity (Wildman–Crippen MR) is 73.2 cm³/mol. The molecule has 0 aromatic carbocycles. The van der Waals surface area contributed by atoms with Crippen molar-refractivity contribution in [1.82, 2.24) is 0 Å². The van der Waals surface area contributed by atoms with Crippen LogP contribution >= 0.6 is 0 Å². The first-order valence-electron chi connectivity index (χ1n) is 7.06. The van der Waals surface area contributed by atoms with E-state index in [2.05, 4.69) is 13.8 Å². The van der Waals surface area contributed by atoms with Gasteiger partial charge in [-0.1, -0.05) is 64.9 Å². The molecule has 0 rings (SSSR count). The quantitative estimate of drug-likeness (QED) is 0.416. The monoisotopic (exact) mass is 240 g/mol. The predicted octanol–water partition coefficient (Wildman–Crippen LogP) is 4.79. The van der Waals surface area contributed by atoms with Gasteiger partial charge in [-0.2, -0.15) is 0 Å². The summed E-state index contributed by atoms with van der Waals surface area (Å²) >= 11 is 0. The highest BCUT2D eigenvalue weighted by atomic mass is 16.4. The minimum atomic E-state index is -0.838. The van der Waals surface area contributed by atoms with E-state index in [0.717, 1.165) is 18.8 Å². The molecule has 0 radical (unpaired) electrons. The maximum Gasteiger partial charge on any atom is 0.327 e. The van der Waals surface area contributed by atoms with Gasteiger partial charge in [-0.25, -0.2) is 4.79 Å². The SMILES string of the molecule is CCC(C)CCCCCCCC/C=C/C(=O)O. The lowest BCUT2D eigenvalue weighted by Crippen LogP contribution is -1.91. The zero-order valence-corrected chi connectivity index (χ0v) is 11.5. The van der Waals surface area contributed by atoms with Crippen LogP contribution in [0.25, 0.3) is 0 Å². The molecule has 0 spiro atoms. The Kier molecular flexibility index (Phi) is 11.1. The van der Waals surface area contributed by atoms with Crippen LogP contribution in [-0.4, -0.2) is 11.1 Å². The van der Waals surface area contributed by atoms with Crippen LogP contribution in [0.5, 0.6) is 0 Å². The van der Waals surface area contributed by atoms with Crippen LogP contribution in [0, 0.1) is 5.92 Å². The van der Waals surface area contributed by atoms with Crippen molar-refractivity contribution in [3.63, 3.8) is 0 Å². The molecule has 0 heterocycles. The minimum absolute atomic E-state index is 0.838. The van der Waals surface area contributed by atoms with Gasteiger partial charge in [0.15, 0.2) is 0 Å². The van der Waals surface area contributed by atoms with Crippen molar-refractivity contribution in [2.24, 2.45) is 5.92 Å². The van der Waals surface area contributed by atoms with Crippen LogP contribution in [0.2, 0.25) is 0 Å². The van der Waals surface area contributed by atoms with Gasteiger partial charge >= 0.3 is 5.97 Å². The van der Waals surface area contributed by atoms with Gasteiger partial charge in [-0.15, -0.1) is 0 Å². The first-order valence-corrected chi connectivity index (χ1v) is 7.06. The smallest absolute Gasteiger partial charge is 0.327 e. The van der Waals surface area contributed by atoms with Crippen molar-refractivity contribution in [1.29, 1.82) is 0 Å². The van der Waals surface area contributed by atoms with E-state index in [1.165, 1.54) is 51.0 Å². The molecule has 0 aliphatic heterocycles. The lowest BCUT2D eigenvalue weighted by molar-refractivity contribution is -0.131. The lowest BCUT2D eigenvalue weighted by atomic mass is 10.00. The molecule has 100 valence electrons. The van der Waals surface area contributed by atoms with Crippen LogP contribution < -0.4 is 0 Å². The van der Waals surface area contributed by atoms with Crippen LogP contribution in [0.15, 0.2) is 12.2 Å². The van der Waals surface area contributed by atoms with Crippen LogP contribution in [0.3, 0.4) is 0 Å². The Morgan fingerprint density at radius 2 is 1.71 bits per heavy atom. The third-order valence-electron chi connectivity index (χ3n) is 3.28. The summed E-state index contributed by atoms with van der Waals surface area (Å²) < 4.78 is 0. The fourth-order valence-electron chi connectivity index (χ4n) is 1.85. The molecule has 1 N–H and O–H groups in total. The number of carboxylic acid groups (broad SMARTS) is 1. The Hall–Kier alpha value is -0.790. The lowest BCUT2D eigenvalue weighted by Gasteiger charge is -2.07. The number of unbranched alkanes of at least 4 members (excludes halogenated alkanes) is 6. The number of allylic oxidation sites excluding steroid dienone is 1. The highest BCUT2D eigenvalue weighted by molar-refractivity contribution is 5.79. The average molecular weight is 240 g/mol. The summed E-state index contributed by atoms with van der Waals surface area (Å²) in [7, 11) is 0. The van der Waals surface area contributed by atoms with Gasteiger partial charge in [0.1, 0.15) is 0 Å². The summed E-state index contributed by atoms with van der Waals surface area (Å²) in [5.41, 5.74) is 0. The highest BCUT2D eigenvalue weighted by Crippen LogP contribution is 2.14. The topological polar surface area (TPSA) is 37.3 Å². The molecule has 1 unspecified atom stereocenters. The van der Waals surface area contributed by atoms with Crippen LogP contribution in [0.1, 0.15) is 71.6 Å². The summed E-state index contributed by atoms with van der Waals surface area (Å²) in [4.78, 5) is 10.2. The van der Waals surface area contributed by atoms with E-state index < -0.39 is 5.97 Å². The van der Waals surface area contributed by atoms with Crippen LogP contribution in [0.4, 0.5) is 0 Å². The second-order valence-electron chi connectivity index (χ2n) is 4.95. The maximum atomic E-state index is 10.2. The molecule has 17 heavy (non-hydrogen) atoms. The number of rotatable bonds is 11. The molecule has 0 aliphatic carbocycles. The van der Waals surface area contributed by atoms with Crippen LogP contribution in [-0.2, 0) is 4.79 Å². The summed E-state index contributed by atoms with van der Waals surface area (Å²) in [6.45, 7) is 4.59. The number of carboxylic acids is 1. The third kappa shape index (κ3) is 13.1. The fourth-order valence-corrected chi connectivity index (χ4v) is 1.85. The van der Waals surface area contributed by atoms with Crippen molar-refractivity contribution in [3.05, 3.63) is 12.2 Å². The normalized spacial score (nSPS) is 13.1. The molecule has 0 aromatic rings. The summed E-state index contributed by atoms with van der Waals surface area (Å²) in [6, 6.07) is 0. The maximum absolute atomic E-state index is 10.2. The molecule has 2 nitrogen and oxygen atoms in total. The van der Waals surface area contributed by atoms with Gasteiger partial charge in [0.25, 0.3) is 0 Å². The molecular formula is C15H28O2. The third-order valence-corrected chi connectivity index (χ3v) is 3.28. The van der Waals surface area contributed by atoms with E-state index in [-0.39, 0.29) is 0 Å². The van der Waals surface area contributed by atoms with Gasteiger partial charge < -0.3 is 5.11 Å². The van der Waals surface area contributed by atoms with Gasteiger partial charge in [0.2, 0.25) is 0 Å². The van der Waals surface area contributed by atoms with E-state index in [1.54, 1.807) is 6.08 Å².